The summed E-state index contributed by atoms with van der Waals surface area (Å²) in [6, 6.07) is 0. The van der Waals surface area contributed by atoms with E-state index < -0.39 is 0 Å². The molecule has 2 rings (SSSR count). The Balaban J connectivity index is 2.15. The predicted molar refractivity (Wildman–Crippen MR) is 79.8 cm³/mol. The summed E-state index contributed by atoms with van der Waals surface area (Å²) in [7, 11) is 0. The molecule has 0 aromatic carbocycles. The highest BCUT2D eigenvalue weighted by Gasteiger charge is 2.20. The lowest BCUT2D eigenvalue weighted by atomic mass is 9.94. The number of thiazole rings is 1. The summed E-state index contributed by atoms with van der Waals surface area (Å²) in [6.45, 7) is 5.66. The SMILES string of the molecule is CC(=O)C1=C(NC(=O)c2nc(C(C)C)cs2)CCCC1. The van der Waals surface area contributed by atoms with Crippen molar-refractivity contribution in [1.82, 2.24) is 10.3 Å². The number of hydrogen-bond donors (Lipinski definition) is 1. The molecule has 0 spiro atoms. The molecule has 0 unspecified atom stereocenters. The number of allylic oxidation sites excluding steroid dienone is 2. The van der Waals surface area contributed by atoms with Gasteiger partial charge >= 0.3 is 0 Å². The van der Waals surface area contributed by atoms with Crippen LogP contribution in [0.3, 0.4) is 0 Å². The maximum Gasteiger partial charge on any atom is 0.284 e. The molecule has 108 valence electrons. The molecule has 1 aliphatic carbocycles. The lowest BCUT2D eigenvalue weighted by Gasteiger charge is -2.18. The molecule has 0 bridgehead atoms. The van der Waals surface area contributed by atoms with Gasteiger partial charge in [0, 0.05) is 16.7 Å². The van der Waals surface area contributed by atoms with Crippen molar-refractivity contribution >= 4 is 23.0 Å². The van der Waals surface area contributed by atoms with Crippen LogP contribution in [-0.4, -0.2) is 16.7 Å². The van der Waals surface area contributed by atoms with Crippen molar-refractivity contribution in [3.8, 4) is 0 Å². The zero-order valence-corrected chi connectivity index (χ0v) is 13.0. The molecule has 1 aromatic rings. The van der Waals surface area contributed by atoms with Crippen molar-refractivity contribution < 1.29 is 9.59 Å². The molecule has 4 nitrogen and oxygen atoms in total. The van der Waals surface area contributed by atoms with E-state index >= 15 is 0 Å². The largest absolute Gasteiger partial charge is 0.323 e. The minimum Gasteiger partial charge on any atom is -0.323 e. The van der Waals surface area contributed by atoms with Crippen molar-refractivity contribution in [2.75, 3.05) is 0 Å². The zero-order valence-electron chi connectivity index (χ0n) is 12.2. The van der Waals surface area contributed by atoms with E-state index in [-0.39, 0.29) is 11.7 Å². The van der Waals surface area contributed by atoms with Crippen LogP contribution in [0.1, 0.15) is 67.9 Å². The Labute approximate surface area is 123 Å². The van der Waals surface area contributed by atoms with Crippen molar-refractivity contribution in [3.63, 3.8) is 0 Å². The zero-order chi connectivity index (χ0) is 14.7. The van der Waals surface area contributed by atoms with Gasteiger partial charge in [0.05, 0.1) is 5.69 Å². The molecule has 0 aliphatic heterocycles. The number of carbonyl (C=O) groups is 2. The van der Waals surface area contributed by atoms with Gasteiger partial charge in [-0.05, 0) is 38.5 Å². The number of carbonyl (C=O) groups excluding carboxylic acids is 2. The van der Waals surface area contributed by atoms with Crippen molar-refractivity contribution in [1.29, 1.82) is 0 Å². The van der Waals surface area contributed by atoms with Gasteiger partial charge in [-0.3, -0.25) is 9.59 Å². The second-order valence-corrected chi connectivity index (χ2v) is 6.26. The van der Waals surface area contributed by atoms with Gasteiger partial charge in [-0.25, -0.2) is 4.98 Å². The highest BCUT2D eigenvalue weighted by atomic mass is 32.1. The first-order valence-electron chi connectivity index (χ1n) is 6.98. The second-order valence-electron chi connectivity index (χ2n) is 5.41. The van der Waals surface area contributed by atoms with Crippen LogP contribution in [0.25, 0.3) is 0 Å². The molecule has 0 radical (unpaired) electrons. The van der Waals surface area contributed by atoms with Crippen LogP contribution in [0.5, 0.6) is 0 Å². The highest BCUT2D eigenvalue weighted by molar-refractivity contribution is 7.11. The van der Waals surface area contributed by atoms with Gasteiger partial charge in [0.1, 0.15) is 0 Å². The number of amides is 1. The van der Waals surface area contributed by atoms with Crippen LogP contribution >= 0.6 is 11.3 Å². The van der Waals surface area contributed by atoms with Gasteiger partial charge in [-0.15, -0.1) is 11.3 Å². The first-order valence-corrected chi connectivity index (χ1v) is 7.86. The molecule has 0 saturated heterocycles. The van der Waals surface area contributed by atoms with E-state index in [4.69, 9.17) is 0 Å². The maximum atomic E-state index is 12.2. The Bertz CT molecular complexity index is 558. The van der Waals surface area contributed by atoms with Gasteiger partial charge in [-0.2, -0.15) is 0 Å². The fourth-order valence-electron chi connectivity index (χ4n) is 2.28. The molecule has 20 heavy (non-hydrogen) atoms. The molecule has 1 N–H and O–H groups in total. The van der Waals surface area contributed by atoms with Gasteiger partial charge in [0.25, 0.3) is 5.91 Å². The number of rotatable bonds is 4. The summed E-state index contributed by atoms with van der Waals surface area (Å²) < 4.78 is 0. The third-order valence-electron chi connectivity index (χ3n) is 3.46. The number of aromatic nitrogens is 1. The lowest BCUT2D eigenvalue weighted by molar-refractivity contribution is -0.113. The van der Waals surface area contributed by atoms with Crippen LogP contribution in [0.15, 0.2) is 16.7 Å². The van der Waals surface area contributed by atoms with E-state index in [1.807, 2.05) is 19.2 Å². The first kappa shape index (κ1) is 14.9. The molecular formula is C15H20N2O2S. The standard InChI is InChI=1S/C15H20N2O2S/c1-9(2)13-8-20-15(17-13)14(19)16-12-7-5-4-6-11(12)10(3)18/h8-9H,4-7H2,1-3H3,(H,16,19). The fourth-order valence-corrected chi connectivity index (χ4v) is 3.15. The average molecular weight is 292 g/mol. The van der Waals surface area contributed by atoms with Crippen molar-refractivity contribution in [2.45, 2.75) is 52.4 Å². The number of nitrogens with one attached hydrogen (secondary N) is 1. The molecule has 0 saturated carbocycles. The molecule has 5 heteroatoms. The molecule has 1 amide bonds. The van der Waals surface area contributed by atoms with E-state index in [0.717, 1.165) is 42.6 Å². The van der Waals surface area contributed by atoms with Crippen LogP contribution in [0.4, 0.5) is 0 Å². The van der Waals surface area contributed by atoms with Gasteiger partial charge in [-0.1, -0.05) is 13.8 Å². The smallest absolute Gasteiger partial charge is 0.284 e. The van der Waals surface area contributed by atoms with Gasteiger partial charge in [0.2, 0.25) is 0 Å². The highest BCUT2D eigenvalue weighted by Crippen LogP contribution is 2.24. The topological polar surface area (TPSA) is 59.1 Å². The third kappa shape index (κ3) is 3.33. The average Bonchev–Trinajstić information content (AvgIpc) is 2.89. The monoisotopic (exact) mass is 292 g/mol. The molecule has 1 heterocycles. The van der Waals surface area contributed by atoms with Crippen LogP contribution < -0.4 is 5.32 Å². The number of Topliss-reactive ketones (excluding diaryl/α,β-unsaturated/α-hetero) is 1. The van der Waals surface area contributed by atoms with E-state index in [0.29, 0.717) is 10.9 Å². The summed E-state index contributed by atoms with van der Waals surface area (Å²) in [4.78, 5) is 28.2. The quantitative estimate of drug-likeness (QED) is 0.925. The fraction of sp³-hybridized carbons (Fsp3) is 0.533. The summed E-state index contributed by atoms with van der Waals surface area (Å²) in [5.41, 5.74) is 2.49. The summed E-state index contributed by atoms with van der Waals surface area (Å²) in [5.74, 6) is 0.175. The molecular weight excluding hydrogens is 272 g/mol. The molecule has 1 aromatic heterocycles. The van der Waals surface area contributed by atoms with Gasteiger partial charge in [0.15, 0.2) is 10.8 Å². The molecule has 0 fully saturated rings. The van der Waals surface area contributed by atoms with Crippen LogP contribution in [0.2, 0.25) is 0 Å². The Morgan fingerprint density at radius 2 is 2.00 bits per heavy atom. The number of ketones is 1. The third-order valence-corrected chi connectivity index (χ3v) is 4.32. The summed E-state index contributed by atoms with van der Waals surface area (Å²) in [6.07, 6.45) is 3.56. The van der Waals surface area contributed by atoms with Gasteiger partial charge < -0.3 is 5.32 Å². The minimum absolute atomic E-state index is 0.0574. The lowest BCUT2D eigenvalue weighted by Crippen LogP contribution is -2.26. The molecule has 1 aliphatic rings. The first-order chi connectivity index (χ1) is 9.49. The Hall–Kier alpha value is -1.49. The number of hydrogen-bond acceptors (Lipinski definition) is 4. The van der Waals surface area contributed by atoms with Crippen LogP contribution in [-0.2, 0) is 4.79 Å². The molecule has 0 atom stereocenters. The van der Waals surface area contributed by atoms with Crippen molar-refractivity contribution in [2.24, 2.45) is 0 Å². The van der Waals surface area contributed by atoms with E-state index in [9.17, 15) is 9.59 Å². The normalized spacial score (nSPS) is 15.6. The van der Waals surface area contributed by atoms with E-state index in [2.05, 4.69) is 10.3 Å². The Kier molecular flexibility index (Phi) is 4.70. The summed E-state index contributed by atoms with van der Waals surface area (Å²) >= 11 is 1.35. The second kappa shape index (κ2) is 6.31. The minimum atomic E-state index is -0.197. The Morgan fingerprint density at radius 3 is 2.60 bits per heavy atom. The van der Waals surface area contributed by atoms with E-state index in [1.165, 1.54) is 11.3 Å². The Morgan fingerprint density at radius 1 is 1.30 bits per heavy atom. The number of nitrogens with zero attached hydrogens (tertiary/aromatic N) is 1. The van der Waals surface area contributed by atoms with Crippen LogP contribution in [0, 0.1) is 0 Å². The van der Waals surface area contributed by atoms with Crippen molar-refractivity contribution in [3.05, 3.63) is 27.4 Å². The maximum absolute atomic E-state index is 12.2. The van der Waals surface area contributed by atoms with E-state index in [1.54, 1.807) is 6.92 Å². The summed E-state index contributed by atoms with van der Waals surface area (Å²) in [5, 5.41) is 5.27. The predicted octanol–water partition coefficient (Wildman–Crippen LogP) is 3.41.